The number of carbonyl (C=O) groups excluding carboxylic acids is 1. The van der Waals surface area contributed by atoms with Gasteiger partial charge in [-0.05, 0) is 46.6 Å². The Labute approximate surface area is 143 Å². The van der Waals surface area contributed by atoms with Crippen molar-refractivity contribution in [3.05, 3.63) is 58.5 Å². The molecule has 0 unspecified atom stereocenters. The fourth-order valence-corrected chi connectivity index (χ4v) is 4.93. The van der Waals surface area contributed by atoms with Crippen molar-refractivity contribution >= 4 is 31.7 Å². The lowest BCUT2D eigenvalue weighted by molar-refractivity contribution is 0.0665. The molecule has 5 nitrogen and oxygen atoms in total. The number of furan rings is 1. The number of nitrogens with zero attached hydrogens (tertiary/aromatic N) is 1. The van der Waals surface area contributed by atoms with Crippen LogP contribution in [0.4, 0.5) is 0 Å². The van der Waals surface area contributed by atoms with E-state index in [1.165, 1.54) is 0 Å². The molecule has 0 N–H and O–H groups in total. The highest BCUT2D eigenvalue weighted by Gasteiger charge is 2.35. The van der Waals surface area contributed by atoms with E-state index in [0.29, 0.717) is 22.2 Å². The molecule has 0 spiro atoms. The number of sulfone groups is 1. The van der Waals surface area contributed by atoms with Gasteiger partial charge in [0.15, 0.2) is 9.84 Å². The van der Waals surface area contributed by atoms with Gasteiger partial charge in [0.25, 0.3) is 5.91 Å². The van der Waals surface area contributed by atoms with Gasteiger partial charge < -0.3 is 9.32 Å². The Morgan fingerprint density at radius 2 is 2.04 bits per heavy atom. The van der Waals surface area contributed by atoms with Gasteiger partial charge in [-0.25, -0.2) is 8.42 Å². The summed E-state index contributed by atoms with van der Waals surface area (Å²) in [6, 6.07) is 10.3. The van der Waals surface area contributed by atoms with E-state index in [0.717, 1.165) is 0 Å². The summed E-state index contributed by atoms with van der Waals surface area (Å²) < 4.78 is 29.6. The molecule has 1 aliphatic heterocycles. The first kappa shape index (κ1) is 16.3. The summed E-state index contributed by atoms with van der Waals surface area (Å²) in [4.78, 5) is 14.6. The first-order valence-corrected chi connectivity index (χ1v) is 9.86. The number of halogens is 1. The van der Waals surface area contributed by atoms with Crippen LogP contribution in [0.25, 0.3) is 0 Å². The third-order valence-corrected chi connectivity index (χ3v) is 6.36. The maximum Gasteiger partial charge on any atom is 0.255 e. The Hall–Kier alpha value is -1.60. The third-order valence-electron chi connectivity index (χ3n) is 3.92. The Kier molecular flexibility index (Phi) is 4.59. The van der Waals surface area contributed by atoms with Crippen LogP contribution in [-0.2, 0) is 16.4 Å². The molecular weight excluding hydrogens is 382 g/mol. The fraction of sp³-hybridized carbons (Fsp3) is 0.312. The van der Waals surface area contributed by atoms with Gasteiger partial charge in [0.05, 0.1) is 29.9 Å². The van der Waals surface area contributed by atoms with Crippen molar-refractivity contribution < 1.29 is 17.6 Å². The largest absolute Gasteiger partial charge is 0.467 e. The highest BCUT2D eigenvalue weighted by Crippen LogP contribution is 2.25. The minimum absolute atomic E-state index is 0.00387. The minimum Gasteiger partial charge on any atom is -0.467 e. The van der Waals surface area contributed by atoms with Gasteiger partial charge in [-0.3, -0.25) is 4.79 Å². The summed E-state index contributed by atoms with van der Waals surface area (Å²) in [6.07, 6.45) is 2.00. The monoisotopic (exact) mass is 397 g/mol. The van der Waals surface area contributed by atoms with Crippen LogP contribution in [0.15, 0.2) is 51.6 Å². The van der Waals surface area contributed by atoms with Crippen LogP contribution in [0.2, 0.25) is 0 Å². The normalized spacial score (nSPS) is 19.6. The van der Waals surface area contributed by atoms with E-state index in [4.69, 9.17) is 4.42 Å². The van der Waals surface area contributed by atoms with E-state index in [1.54, 1.807) is 41.5 Å². The van der Waals surface area contributed by atoms with Crippen LogP contribution < -0.4 is 0 Å². The van der Waals surface area contributed by atoms with Crippen molar-refractivity contribution in [3.8, 4) is 0 Å². The van der Waals surface area contributed by atoms with Crippen LogP contribution >= 0.6 is 15.9 Å². The third kappa shape index (κ3) is 3.67. The summed E-state index contributed by atoms with van der Waals surface area (Å²) in [5.74, 6) is 0.560. The topological polar surface area (TPSA) is 67.6 Å². The van der Waals surface area contributed by atoms with Crippen LogP contribution in [0, 0.1) is 0 Å². The summed E-state index contributed by atoms with van der Waals surface area (Å²) in [5, 5.41) is 0. The number of hydrogen-bond acceptors (Lipinski definition) is 4. The lowest BCUT2D eigenvalue weighted by Crippen LogP contribution is -2.40. The van der Waals surface area contributed by atoms with E-state index < -0.39 is 9.84 Å². The van der Waals surface area contributed by atoms with E-state index >= 15 is 0 Å². The Morgan fingerprint density at radius 1 is 1.26 bits per heavy atom. The SMILES string of the molecule is O=C(c1ccccc1Br)N(Cc1ccco1)[C@@H]1CCS(=O)(=O)C1. The summed E-state index contributed by atoms with van der Waals surface area (Å²) >= 11 is 3.38. The lowest BCUT2D eigenvalue weighted by Gasteiger charge is -2.28. The predicted molar refractivity (Wildman–Crippen MR) is 89.8 cm³/mol. The minimum atomic E-state index is -3.08. The maximum atomic E-state index is 12.9. The van der Waals surface area contributed by atoms with Gasteiger partial charge in [-0.2, -0.15) is 0 Å². The molecule has 1 saturated heterocycles. The second kappa shape index (κ2) is 6.49. The van der Waals surface area contributed by atoms with Gasteiger partial charge in [-0.15, -0.1) is 0 Å². The van der Waals surface area contributed by atoms with Crippen LogP contribution in [0.3, 0.4) is 0 Å². The molecule has 1 aliphatic rings. The number of rotatable bonds is 4. The van der Waals surface area contributed by atoms with Crippen molar-refractivity contribution in [1.82, 2.24) is 4.90 Å². The van der Waals surface area contributed by atoms with Crippen molar-refractivity contribution in [2.75, 3.05) is 11.5 Å². The van der Waals surface area contributed by atoms with Crippen LogP contribution in [-0.4, -0.2) is 36.8 Å². The molecule has 0 saturated carbocycles. The highest BCUT2D eigenvalue weighted by atomic mass is 79.9. The molecule has 0 radical (unpaired) electrons. The van der Waals surface area contributed by atoms with Gasteiger partial charge >= 0.3 is 0 Å². The van der Waals surface area contributed by atoms with Crippen molar-refractivity contribution in [1.29, 1.82) is 0 Å². The van der Waals surface area contributed by atoms with Gasteiger partial charge in [0.2, 0.25) is 0 Å². The molecule has 1 fully saturated rings. The van der Waals surface area contributed by atoms with Crippen molar-refractivity contribution in [2.24, 2.45) is 0 Å². The number of amides is 1. The fourth-order valence-electron chi connectivity index (χ4n) is 2.75. The average molecular weight is 398 g/mol. The molecule has 1 amide bonds. The molecule has 2 aromatic rings. The highest BCUT2D eigenvalue weighted by molar-refractivity contribution is 9.10. The zero-order valence-corrected chi connectivity index (χ0v) is 14.7. The van der Waals surface area contributed by atoms with E-state index in [9.17, 15) is 13.2 Å². The Bertz CT molecular complexity index is 801. The van der Waals surface area contributed by atoms with Crippen molar-refractivity contribution in [2.45, 2.75) is 19.0 Å². The molecule has 1 aromatic carbocycles. The molecule has 122 valence electrons. The smallest absolute Gasteiger partial charge is 0.255 e. The standard InChI is InChI=1S/C16H16BrNO4S/c17-15-6-2-1-5-14(15)16(19)18(10-13-4-3-8-22-13)12-7-9-23(20,21)11-12/h1-6,8,12H,7,9-11H2/t12-/m1/s1. The molecule has 3 rings (SSSR count). The van der Waals surface area contributed by atoms with Gasteiger partial charge in [0, 0.05) is 10.5 Å². The van der Waals surface area contributed by atoms with E-state index in [2.05, 4.69) is 15.9 Å². The number of carbonyl (C=O) groups is 1. The van der Waals surface area contributed by atoms with Crippen LogP contribution in [0.5, 0.6) is 0 Å². The summed E-state index contributed by atoms with van der Waals surface area (Å²) in [5.41, 5.74) is 0.517. The zero-order chi connectivity index (χ0) is 16.4. The first-order valence-electron chi connectivity index (χ1n) is 7.24. The van der Waals surface area contributed by atoms with Gasteiger partial charge in [-0.1, -0.05) is 12.1 Å². The maximum absolute atomic E-state index is 12.9. The first-order chi connectivity index (χ1) is 11.0. The molecule has 0 aliphatic carbocycles. The predicted octanol–water partition coefficient (Wildman–Crippen LogP) is 2.87. The number of benzene rings is 1. The molecule has 0 bridgehead atoms. The van der Waals surface area contributed by atoms with Crippen LogP contribution in [0.1, 0.15) is 22.5 Å². The second-order valence-electron chi connectivity index (χ2n) is 5.55. The van der Waals surface area contributed by atoms with E-state index in [-0.39, 0.29) is 30.0 Å². The molecule has 2 heterocycles. The lowest BCUT2D eigenvalue weighted by atomic mass is 10.1. The van der Waals surface area contributed by atoms with E-state index in [1.807, 2.05) is 6.07 Å². The second-order valence-corrected chi connectivity index (χ2v) is 8.63. The molecule has 1 aromatic heterocycles. The molecule has 7 heteroatoms. The number of hydrogen-bond donors (Lipinski definition) is 0. The molecular formula is C16H16BrNO4S. The summed E-state index contributed by atoms with van der Waals surface area (Å²) in [7, 11) is -3.08. The average Bonchev–Trinajstić information content (AvgIpc) is 3.14. The Balaban J connectivity index is 1.91. The molecule has 23 heavy (non-hydrogen) atoms. The summed E-state index contributed by atoms with van der Waals surface area (Å²) in [6.45, 7) is 0.257. The van der Waals surface area contributed by atoms with Crippen molar-refractivity contribution in [3.63, 3.8) is 0 Å². The quantitative estimate of drug-likeness (QED) is 0.795. The molecule has 1 atom stereocenters. The Morgan fingerprint density at radius 3 is 2.65 bits per heavy atom. The zero-order valence-electron chi connectivity index (χ0n) is 12.3. The van der Waals surface area contributed by atoms with Gasteiger partial charge in [0.1, 0.15) is 5.76 Å².